The Morgan fingerprint density at radius 1 is 0.952 bits per heavy atom. The number of nitrogens with zero attached hydrogens (tertiary/aromatic N) is 1. The average Bonchev–Trinajstić information content (AvgIpc) is 2.98. The number of hydrogen-bond donors (Lipinski definition) is 3. The molecule has 1 aliphatic heterocycles. The van der Waals surface area contributed by atoms with Crippen LogP contribution in [-0.2, 0) is 26.2 Å². The largest absolute Gasteiger partial charge is 0.457 e. The first-order valence-corrected chi connectivity index (χ1v) is 15.3. The normalized spacial score (nSPS) is 18.2. The Kier molecular flexibility index (Phi) is 10.6. The van der Waals surface area contributed by atoms with Crippen LogP contribution >= 0.6 is 0 Å². The van der Waals surface area contributed by atoms with Crippen LogP contribution in [0.3, 0.4) is 0 Å². The molecule has 3 N–H and O–H groups in total. The molecule has 1 saturated heterocycles. The van der Waals surface area contributed by atoms with Crippen LogP contribution in [0, 0.1) is 5.92 Å². The van der Waals surface area contributed by atoms with Gasteiger partial charge in [0.15, 0.2) is 0 Å². The number of alkyl carbamates (subject to hydrolysis) is 1. The standard InChI is InChI=1S/C31H37N3O7S/c1-22(2)19-28(33-31(37)40-21-23-9-5-3-6-10-23)30(36)32-27-17-18-34(20-29(27)35)42(38,39)26-15-13-25(14-16-26)41-24-11-7-4-8-12-24/h3-16,22,27-29,35H,17-21H2,1-2H3,(H,32,36)(H,33,37)/t27-,28-,29-/m0/s1. The monoisotopic (exact) mass is 595 g/mol. The first kappa shape index (κ1) is 31.0. The zero-order valence-corrected chi connectivity index (χ0v) is 24.5. The molecule has 10 nitrogen and oxygen atoms in total. The summed E-state index contributed by atoms with van der Waals surface area (Å²) in [7, 11) is -3.88. The maximum Gasteiger partial charge on any atom is 0.408 e. The van der Waals surface area contributed by atoms with E-state index < -0.39 is 40.2 Å². The maximum atomic E-state index is 13.3. The van der Waals surface area contributed by atoms with Crippen molar-refractivity contribution in [3.63, 3.8) is 0 Å². The lowest BCUT2D eigenvalue weighted by molar-refractivity contribution is -0.125. The molecule has 0 aromatic heterocycles. The third-order valence-electron chi connectivity index (χ3n) is 6.84. The number of amides is 2. The number of ether oxygens (including phenoxy) is 2. The number of rotatable bonds is 11. The van der Waals surface area contributed by atoms with E-state index in [2.05, 4.69) is 10.6 Å². The zero-order chi connectivity index (χ0) is 30.1. The highest BCUT2D eigenvalue weighted by molar-refractivity contribution is 7.89. The Labute approximate surface area is 246 Å². The third-order valence-corrected chi connectivity index (χ3v) is 8.72. The Morgan fingerprint density at radius 2 is 1.57 bits per heavy atom. The summed E-state index contributed by atoms with van der Waals surface area (Å²) >= 11 is 0. The minimum Gasteiger partial charge on any atom is -0.457 e. The van der Waals surface area contributed by atoms with Crippen molar-refractivity contribution in [2.45, 2.75) is 56.4 Å². The van der Waals surface area contributed by atoms with Gasteiger partial charge in [-0.15, -0.1) is 0 Å². The maximum absolute atomic E-state index is 13.3. The van der Waals surface area contributed by atoms with Gasteiger partial charge < -0.3 is 25.2 Å². The predicted molar refractivity (Wildman–Crippen MR) is 157 cm³/mol. The van der Waals surface area contributed by atoms with Gasteiger partial charge in [0.1, 0.15) is 24.1 Å². The van der Waals surface area contributed by atoms with Gasteiger partial charge in [0.05, 0.1) is 17.0 Å². The number of carbonyl (C=O) groups is 2. The minimum absolute atomic E-state index is 0.0666. The van der Waals surface area contributed by atoms with E-state index in [0.717, 1.165) is 5.56 Å². The van der Waals surface area contributed by atoms with Crippen LogP contribution in [-0.4, -0.2) is 61.1 Å². The summed E-state index contributed by atoms with van der Waals surface area (Å²) in [5.74, 6) is 0.761. The van der Waals surface area contributed by atoms with Crippen LogP contribution < -0.4 is 15.4 Å². The first-order chi connectivity index (χ1) is 20.1. The van der Waals surface area contributed by atoms with Crippen molar-refractivity contribution in [2.24, 2.45) is 5.92 Å². The fourth-order valence-corrected chi connectivity index (χ4v) is 6.11. The SMILES string of the molecule is CC(C)C[C@H](NC(=O)OCc1ccccc1)C(=O)N[C@H]1CCN(S(=O)(=O)c2ccc(Oc3ccccc3)cc2)C[C@@H]1O. The van der Waals surface area contributed by atoms with Gasteiger partial charge in [-0.25, -0.2) is 13.2 Å². The Bertz CT molecular complexity index is 1420. The van der Waals surface area contributed by atoms with E-state index in [4.69, 9.17) is 9.47 Å². The van der Waals surface area contributed by atoms with Gasteiger partial charge in [-0.05, 0) is 60.7 Å². The molecule has 1 fully saturated rings. The molecular formula is C31H37N3O7S. The van der Waals surface area contributed by atoms with Gasteiger partial charge in [-0.3, -0.25) is 4.79 Å². The number of hydrogen-bond acceptors (Lipinski definition) is 7. The van der Waals surface area contributed by atoms with Crippen molar-refractivity contribution in [1.29, 1.82) is 0 Å². The number of aliphatic hydroxyl groups is 1. The zero-order valence-electron chi connectivity index (χ0n) is 23.7. The number of carbonyl (C=O) groups excluding carboxylic acids is 2. The van der Waals surface area contributed by atoms with Crippen molar-refractivity contribution in [2.75, 3.05) is 13.1 Å². The van der Waals surface area contributed by atoms with E-state index in [1.54, 1.807) is 24.3 Å². The molecule has 224 valence electrons. The molecule has 1 aliphatic rings. The van der Waals surface area contributed by atoms with Gasteiger partial charge in [0.25, 0.3) is 0 Å². The second-order valence-corrected chi connectivity index (χ2v) is 12.5. The fourth-order valence-electron chi connectivity index (χ4n) is 4.64. The van der Waals surface area contributed by atoms with Crippen LogP contribution in [0.15, 0.2) is 89.8 Å². The number of benzene rings is 3. The second-order valence-electron chi connectivity index (χ2n) is 10.6. The Morgan fingerprint density at radius 3 is 2.19 bits per heavy atom. The molecule has 3 aromatic carbocycles. The van der Waals surface area contributed by atoms with Crippen molar-refractivity contribution >= 4 is 22.0 Å². The number of nitrogens with one attached hydrogen (secondary N) is 2. The summed E-state index contributed by atoms with van der Waals surface area (Å²) in [4.78, 5) is 25.6. The third kappa shape index (κ3) is 8.54. The van der Waals surface area contributed by atoms with E-state index in [1.165, 1.54) is 16.4 Å². The molecule has 42 heavy (non-hydrogen) atoms. The molecule has 2 amide bonds. The summed E-state index contributed by atoms with van der Waals surface area (Å²) in [6.45, 7) is 3.84. The molecule has 0 bridgehead atoms. The highest BCUT2D eigenvalue weighted by Gasteiger charge is 2.36. The highest BCUT2D eigenvalue weighted by Crippen LogP contribution is 2.26. The highest BCUT2D eigenvalue weighted by atomic mass is 32.2. The Balaban J connectivity index is 1.32. The summed E-state index contributed by atoms with van der Waals surface area (Å²) in [5, 5.41) is 16.2. The van der Waals surface area contributed by atoms with E-state index in [1.807, 2.05) is 62.4 Å². The van der Waals surface area contributed by atoms with Crippen molar-refractivity contribution in [3.8, 4) is 11.5 Å². The van der Waals surface area contributed by atoms with Crippen LogP contribution in [0.25, 0.3) is 0 Å². The molecule has 0 radical (unpaired) electrons. The molecule has 0 spiro atoms. The van der Waals surface area contributed by atoms with E-state index in [0.29, 0.717) is 17.9 Å². The topological polar surface area (TPSA) is 134 Å². The smallest absolute Gasteiger partial charge is 0.408 e. The van der Waals surface area contributed by atoms with E-state index >= 15 is 0 Å². The number of para-hydroxylation sites is 1. The lowest BCUT2D eigenvalue weighted by Crippen LogP contribution is -2.58. The molecule has 0 aliphatic carbocycles. The van der Waals surface area contributed by atoms with E-state index in [9.17, 15) is 23.1 Å². The number of sulfonamides is 1. The summed E-state index contributed by atoms with van der Waals surface area (Å²) in [5.41, 5.74) is 0.818. The predicted octanol–water partition coefficient (Wildman–Crippen LogP) is 4.06. The van der Waals surface area contributed by atoms with E-state index in [-0.39, 0.29) is 36.9 Å². The lowest BCUT2D eigenvalue weighted by Gasteiger charge is -2.36. The molecule has 0 unspecified atom stereocenters. The molecule has 4 rings (SSSR count). The minimum atomic E-state index is -3.88. The molecule has 3 aromatic rings. The van der Waals surface area contributed by atoms with Gasteiger partial charge in [0, 0.05) is 13.1 Å². The van der Waals surface area contributed by atoms with Crippen molar-refractivity contribution in [3.05, 3.63) is 90.5 Å². The summed E-state index contributed by atoms with van der Waals surface area (Å²) < 4.78 is 38.8. The average molecular weight is 596 g/mol. The Hall–Kier alpha value is -3.93. The molecule has 0 saturated carbocycles. The van der Waals surface area contributed by atoms with Gasteiger partial charge in [0.2, 0.25) is 15.9 Å². The van der Waals surface area contributed by atoms with Crippen LogP contribution in [0.5, 0.6) is 11.5 Å². The molecule has 1 heterocycles. The first-order valence-electron chi connectivity index (χ1n) is 13.9. The van der Waals surface area contributed by atoms with Crippen molar-refractivity contribution in [1.82, 2.24) is 14.9 Å². The van der Waals surface area contributed by atoms with Gasteiger partial charge in [-0.2, -0.15) is 4.31 Å². The molecule has 11 heteroatoms. The number of aliphatic hydroxyl groups excluding tert-OH is 1. The van der Waals surface area contributed by atoms with Crippen LogP contribution in [0.1, 0.15) is 32.3 Å². The molecular weight excluding hydrogens is 558 g/mol. The summed E-state index contributed by atoms with van der Waals surface area (Å²) in [6, 6.07) is 22.9. The van der Waals surface area contributed by atoms with Crippen LogP contribution in [0.4, 0.5) is 4.79 Å². The van der Waals surface area contributed by atoms with Gasteiger partial charge in [-0.1, -0.05) is 62.4 Å². The number of piperidine rings is 1. The quantitative estimate of drug-likeness (QED) is 0.304. The number of β-amino-alcohol motifs (C(OH)–C–C–N with tert-alkyl or cyclic N) is 1. The lowest BCUT2D eigenvalue weighted by atomic mass is 10.00. The fraction of sp³-hybridized carbons (Fsp3) is 0.355. The molecule has 3 atom stereocenters. The summed E-state index contributed by atoms with van der Waals surface area (Å²) in [6.07, 6.45) is -1.29. The second kappa shape index (κ2) is 14.3. The van der Waals surface area contributed by atoms with Crippen molar-refractivity contribution < 1.29 is 32.6 Å². The van der Waals surface area contributed by atoms with Crippen LogP contribution in [0.2, 0.25) is 0 Å². The van der Waals surface area contributed by atoms with Gasteiger partial charge >= 0.3 is 6.09 Å².